The minimum absolute atomic E-state index is 0. The van der Waals surface area contributed by atoms with Gasteiger partial charge in [0, 0.05) is 52.7 Å². The van der Waals surface area contributed by atoms with Gasteiger partial charge in [0.15, 0.2) is 5.96 Å². The summed E-state index contributed by atoms with van der Waals surface area (Å²) in [5, 5.41) is 6.32. The van der Waals surface area contributed by atoms with E-state index in [-0.39, 0.29) is 36.0 Å². The standard InChI is InChI=1S/C22H34N4O2.HI/c1-23-20(27)15-17-10-12-26(13-11-17)22(24-2)25-16-19-9-6-14-28-21(19)18-7-4-3-5-8-18;/h3-5,7-8,17,19,21H,6,9-16H2,1-2H3,(H,23,27)(H,24,25);1H. The zero-order chi connectivity index (χ0) is 19.8. The Bertz CT molecular complexity index is 647. The fourth-order valence-electron chi connectivity index (χ4n) is 4.33. The smallest absolute Gasteiger partial charge is 0.220 e. The van der Waals surface area contributed by atoms with Gasteiger partial charge in [-0.1, -0.05) is 30.3 Å². The van der Waals surface area contributed by atoms with E-state index < -0.39 is 0 Å². The molecule has 0 radical (unpaired) electrons. The third-order valence-electron chi connectivity index (χ3n) is 5.97. The molecule has 29 heavy (non-hydrogen) atoms. The second-order valence-corrected chi connectivity index (χ2v) is 7.84. The van der Waals surface area contributed by atoms with Crippen molar-refractivity contribution in [2.24, 2.45) is 16.8 Å². The molecule has 0 saturated carbocycles. The normalized spacial score (nSPS) is 23.2. The van der Waals surface area contributed by atoms with Crippen molar-refractivity contribution < 1.29 is 9.53 Å². The number of amides is 1. The van der Waals surface area contributed by atoms with Gasteiger partial charge in [-0.15, -0.1) is 24.0 Å². The number of nitrogens with zero attached hydrogens (tertiary/aromatic N) is 2. The molecule has 2 saturated heterocycles. The molecule has 7 heteroatoms. The maximum Gasteiger partial charge on any atom is 0.220 e. The van der Waals surface area contributed by atoms with E-state index in [2.05, 4.69) is 50.9 Å². The molecule has 2 aliphatic heterocycles. The number of hydrogen-bond acceptors (Lipinski definition) is 3. The summed E-state index contributed by atoms with van der Waals surface area (Å²) in [6, 6.07) is 10.5. The summed E-state index contributed by atoms with van der Waals surface area (Å²) in [4.78, 5) is 18.4. The molecule has 2 heterocycles. The number of aliphatic imine (C=N–C) groups is 1. The lowest BCUT2D eigenvalue weighted by atomic mass is 9.89. The molecule has 6 nitrogen and oxygen atoms in total. The highest BCUT2D eigenvalue weighted by Crippen LogP contribution is 2.33. The van der Waals surface area contributed by atoms with Crippen LogP contribution in [-0.4, -0.2) is 57.1 Å². The summed E-state index contributed by atoms with van der Waals surface area (Å²) in [7, 11) is 3.56. The zero-order valence-corrected chi connectivity index (χ0v) is 19.9. The van der Waals surface area contributed by atoms with E-state index in [0.29, 0.717) is 18.3 Å². The fourth-order valence-corrected chi connectivity index (χ4v) is 4.33. The molecule has 0 aromatic heterocycles. The molecule has 2 aliphatic rings. The van der Waals surface area contributed by atoms with Crippen LogP contribution in [-0.2, 0) is 9.53 Å². The number of carbonyl (C=O) groups is 1. The van der Waals surface area contributed by atoms with Gasteiger partial charge in [0.2, 0.25) is 5.91 Å². The van der Waals surface area contributed by atoms with Crippen LogP contribution in [0.5, 0.6) is 0 Å². The minimum atomic E-state index is 0. The molecule has 2 unspecified atom stereocenters. The van der Waals surface area contributed by atoms with Gasteiger partial charge >= 0.3 is 0 Å². The Morgan fingerprint density at radius 2 is 1.93 bits per heavy atom. The predicted molar refractivity (Wildman–Crippen MR) is 128 cm³/mol. The van der Waals surface area contributed by atoms with Crippen LogP contribution in [0.15, 0.2) is 35.3 Å². The van der Waals surface area contributed by atoms with E-state index in [0.717, 1.165) is 57.9 Å². The van der Waals surface area contributed by atoms with E-state index >= 15 is 0 Å². The lowest BCUT2D eigenvalue weighted by Gasteiger charge is -2.36. The van der Waals surface area contributed by atoms with Crippen LogP contribution in [0.4, 0.5) is 0 Å². The molecular weight excluding hydrogens is 479 g/mol. The summed E-state index contributed by atoms with van der Waals surface area (Å²) in [6.45, 7) is 3.60. The Kier molecular flexibility index (Phi) is 10.2. The monoisotopic (exact) mass is 514 g/mol. The van der Waals surface area contributed by atoms with Gasteiger partial charge in [0.1, 0.15) is 0 Å². The Balaban J connectivity index is 0.00000300. The van der Waals surface area contributed by atoms with Crippen molar-refractivity contribution in [1.82, 2.24) is 15.5 Å². The first-order valence-electron chi connectivity index (χ1n) is 10.5. The molecule has 1 aromatic carbocycles. The van der Waals surface area contributed by atoms with Crippen LogP contribution in [0, 0.1) is 11.8 Å². The topological polar surface area (TPSA) is 66.0 Å². The van der Waals surface area contributed by atoms with Crippen LogP contribution < -0.4 is 10.6 Å². The highest BCUT2D eigenvalue weighted by molar-refractivity contribution is 14.0. The van der Waals surface area contributed by atoms with Crippen LogP contribution >= 0.6 is 24.0 Å². The van der Waals surface area contributed by atoms with Gasteiger partial charge in [-0.05, 0) is 37.2 Å². The number of benzene rings is 1. The van der Waals surface area contributed by atoms with Crippen molar-refractivity contribution in [3.05, 3.63) is 35.9 Å². The fraction of sp³-hybridized carbons (Fsp3) is 0.636. The zero-order valence-electron chi connectivity index (χ0n) is 17.6. The van der Waals surface area contributed by atoms with Gasteiger partial charge in [-0.3, -0.25) is 9.79 Å². The second kappa shape index (κ2) is 12.4. The number of piperidine rings is 1. The van der Waals surface area contributed by atoms with E-state index in [1.807, 2.05) is 7.05 Å². The van der Waals surface area contributed by atoms with Crippen molar-refractivity contribution in [3.8, 4) is 0 Å². The van der Waals surface area contributed by atoms with Gasteiger partial charge in [0.05, 0.1) is 6.10 Å². The number of nitrogens with one attached hydrogen (secondary N) is 2. The lowest BCUT2D eigenvalue weighted by Crippen LogP contribution is -2.48. The Labute approximate surface area is 191 Å². The number of hydrogen-bond donors (Lipinski definition) is 2. The molecule has 0 aliphatic carbocycles. The molecule has 2 fully saturated rings. The number of ether oxygens (including phenoxy) is 1. The first-order chi connectivity index (χ1) is 13.7. The van der Waals surface area contributed by atoms with Gasteiger partial charge in [-0.25, -0.2) is 0 Å². The van der Waals surface area contributed by atoms with Crippen molar-refractivity contribution in [2.45, 2.75) is 38.2 Å². The van der Waals surface area contributed by atoms with E-state index in [4.69, 9.17) is 4.74 Å². The molecular formula is C22H35IN4O2. The molecule has 1 amide bonds. The molecule has 0 bridgehead atoms. The summed E-state index contributed by atoms with van der Waals surface area (Å²) in [6.07, 6.45) is 5.13. The highest BCUT2D eigenvalue weighted by atomic mass is 127. The van der Waals surface area contributed by atoms with Crippen molar-refractivity contribution in [3.63, 3.8) is 0 Å². The predicted octanol–water partition coefficient (Wildman–Crippen LogP) is 3.20. The van der Waals surface area contributed by atoms with Gasteiger partial charge < -0.3 is 20.3 Å². The minimum Gasteiger partial charge on any atom is -0.373 e. The Hall–Kier alpha value is -1.35. The van der Waals surface area contributed by atoms with Crippen molar-refractivity contribution >= 4 is 35.8 Å². The van der Waals surface area contributed by atoms with E-state index in [9.17, 15) is 4.79 Å². The molecule has 162 valence electrons. The molecule has 3 rings (SSSR count). The van der Waals surface area contributed by atoms with Crippen LogP contribution in [0.1, 0.15) is 43.8 Å². The number of guanidine groups is 1. The lowest BCUT2D eigenvalue weighted by molar-refractivity contribution is -0.121. The second-order valence-electron chi connectivity index (χ2n) is 7.84. The number of rotatable bonds is 5. The third-order valence-corrected chi connectivity index (χ3v) is 5.97. The number of halogens is 1. The Morgan fingerprint density at radius 1 is 1.21 bits per heavy atom. The van der Waals surface area contributed by atoms with Gasteiger partial charge in [0.25, 0.3) is 0 Å². The molecule has 0 spiro atoms. The average Bonchev–Trinajstić information content (AvgIpc) is 2.76. The third kappa shape index (κ3) is 6.84. The highest BCUT2D eigenvalue weighted by Gasteiger charge is 2.28. The summed E-state index contributed by atoms with van der Waals surface area (Å²) < 4.78 is 6.12. The maximum absolute atomic E-state index is 11.6. The summed E-state index contributed by atoms with van der Waals surface area (Å²) >= 11 is 0. The number of likely N-dealkylation sites (tertiary alicyclic amines) is 1. The first kappa shape index (κ1) is 23.9. The van der Waals surface area contributed by atoms with Crippen molar-refractivity contribution in [1.29, 1.82) is 0 Å². The SMILES string of the molecule is CN=C(NCC1CCCOC1c1ccccc1)N1CCC(CC(=O)NC)CC1.I. The first-order valence-corrected chi connectivity index (χ1v) is 10.5. The summed E-state index contributed by atoms with van der Waals surface area (Å²) in [5.41, 5.74) is 1.26. The largest absolute Gasteiger partial charge is 0.373 e. The maximum atomic E-state index is 11.6. The number of carbonyl (C=O) groups excluding carboxylic acids is 1. The van der Waals surface area contributed by atoms with Crippen LogP contribution in [0.25, 0.3) is 0 Å². The van der Waals surface area contributed by atoms with Gasteiger partial charge in [-0.2, -0.15) is 0 Å². The summed E-state index contributed by atoms with van der Waals surface area (Å²) in [5.74, 6) is 2.03. The molecule has 1 aromatic rings. The van der Waals surface area contributed by atoms with Crippen molar-refractivity contribution in [2.75, 3.05) is 40.3 Å². The Morgan fingerprint density at radius 3 is 2.59 bits per heavy atom. The van der Waals surface area contributed by atoms with E-state index in [1.54, 1.807) is 7.05 Å². The van der Waals surface area contributed by atoms with Crippen LogP contribution in [0.3, 0.4) is 0 Å². The van der Waals surface area contributed by atoms with E-state index in [1.165, 1.54) is 5.56 Å². The van der Waals surface area contributed by atoms with Crippen LogP contribution in [0.2, 0.25) is 0 Å². The average molecular weight is 514 g/mol. The molecule has 2 N–H and O–H groups in total. The quantitative estimate of drug-likeness (QED) is 0.360. The molecule has 2 atom stereocenters.